The Morgan fingerprint density at radius 2 is 1.19 bits per heavy atom. The molecule has 0 spiro atoms. The maximum Gasteiger partial charge on any atom is 0.305 e. The number of ether oxygens (including phenoxy) is 1. The Bertz CT molecular complexity index is 1540. The van der Waals surface area contributed by atoms with Gasteiger partial charge in [-0.05, 0) is 147 Å². The first-order valence-corrected chi connectivity index (χ1v) is 24.3. The zero-order valence-corrected chi connectivity index (χ0v) is 40.4. The summed E-state index contributed by atoms with van der Waals surface area (Å²) in [6, 6.07) is -3.49. The molecule has 8 N–H and O–H groups in total. The largest absolute Gasteiger partial charge is 0.469 e. The summed E-state index contributed by atoms with van der Waals surface area (Å²) >= 11 is 0. The van der Waals surface area contributed by atoms with Gasteiger partial charge in [0.05, 0.1) is 25.4 Å². The minimum absolute atomic E-state index is 0.0544. The van der Waals surface area contributed by atoms with E-state index in [1.807, 2.05) is 55.4 Å². The summed E-state index contributed by atoms with van der Waals surface area (Å²) < 4.78 is 4.91. The summed E-state index contributed by atoms with van der Waals surface area (Å²) in [6.45, 7) is 22.6. The zero-order valence-electron chi connectivity index (χ0n) is 40.4. The molecule has 0 heterocycles. The predicted octanol–water partition coefficient (Wildman–Crippen LogP) is 5.63. The molecule has 0 bridgehead atoms. The van der Waals surface area contributed by atoms with Crippen molar-refractivity contribution >= 4 is 29.6 Å². The molecule has 0 saturated heterocycles. The second-order valence-electron chi connectivity index (χ2n) is 22.5. The number of hydrogen-bond donors (Lipinski definition) is 7. The van der Waals surface area contributed by atoms with Gasteiger partial charge in [0.15, 0.2) is 0 Å². The third-order valence-corrected chi connectivity index (χ3v) is 16.0. The quantitative estimate of drug-likeness (QED) is 0.0756. The van der Waals surface area contributed by atoms with Gasteiger partial charge in [0.2, 0.25) is 23.6 Å². The van der Waals surface area contributed by atoms with Gasteiger partial charge in [0.25, 0.3) is 0 Å². The van der Waals surface area contributed by atoms with Crippen molar-refractivity contribution in [3.8, 4) is 0 Å². The third kappa shape index (κ3) is 12.3. The van der Waals surface area contributed by atoms with E-state index in [2.05, 4.69) is 42.0 Å². The minimum atomic E-state index is -0.918. The number of aliphatic hydroxyl groups excluding tert-OH is 2. The van der Waals surface area contributed by atoms with Crippen LogP contribution in [0.1, 0.15) is 160 Å². The van der Waals surface area contributed by atoms with Crippen LogP contribution in [0.25, 0.3) is 0 Å². The Labute approximate surface area is 373 Å². The molecule has 0 radical (unpaired) electrons. The summed E-state index contributed by atoms with van der Waals surface area (Å²) in [6.07, 6.45) is 7.30. The number of fused-ring (bicyclic) bond motifs is 5. The van der Waals surface area contributed by atoms with Crippen molar-refractivity contribution in [2.24, 2.45) is 75.7 Å². The first kappa shape index (κ1) is 51.9. The lowest BCUT2D eigenvalue weighted by atomic mass is 9.43. The van der Waals surface area contributed by atoms with Gasteiger partial charge in [-0.2, -0.15) is 0 Å². The van der Waals surface area contributed by atoms with Gasteiger partial charge in [-0.1, -0.05) is 76.2 Å². The number of nitrogens with two attached hydrogens (primary N) is 1. The van der Waals surface area contributed by atoms with E-state index >= 15 is 0 Å². The average molecular weight is 874 g/mol. The van der Waals surface area contributed by atoms with Crippen molar-refractivity contribution in [2.75, 3.05) is 7.11 Å². The van der Waals surface area contributed by atoms with Crippen molar-refractivity contribution in [2.45, 2.75) is 202 Å². The molecular formula is C49H87N5O8. The number of nitrogens with one attached hydrogen (secondary N) is 4. The summed E-state index contributed by atoms with van der Waals surface area (Å²) in [7, 11) is 1.42. The molecule has 4 fully saturated rings. The number of aliphatic hydroxyl groups is 2. The SMILES string of the molecule is COC(=O)CC[C@@H](C)[C@H]1CCC2C3C(O)C[C@@H]4C[C@@H](NC(=O)[C@H](CC(C)C)NC(=O)[C@H](CC(C)C)NC(=O)[C@H](CC(C)C)NC(=O)[C@@H](N)CC(C)C)CC[C@]4(C)C3C[C@H](O)[C@@]21C. The van der Waals surface area contributed by atoms with Gasteiger partial charge in [0, 0.05) is 12.5 Å². The van der Waals surface area contributed by atoms with E-state index in [0.29, 0.717) is 51.4 Å². The van der Waals surface area contributed by atoms with Crippen LogP contribution in [0.2, 0.25) is 0 Å². The predicted molar refractivity (Wildman–Crippen MR) is 242 cm³/mol. The van der Waals surface area contributed by atoms with Crippen molar-refractivity contribution in [1.29, 1.82) is 0 Å². The molecule has 62 heavy (non-hydrogen) atoms. The number of carbonyl (C=O) groups is 5. The molecule has 4 aliphatic carbocycles. The monoisotopic (exact) mass is 874 g/mol. The average Bonchev–Trinajstić information content (AvgIpc) is 3.54. The number of esters is 1. The van der Waals surface area contributed by atoms with Gasteiger partial charge < -0.3 is 42.0 Å². The fraction of sp³-hybridized carbons (Fsp3) is 0.898. The van der Waals surface area contributed by atoms with Crippen LogP contribution in [-0.4, -0.2) is 89.3 Å². The van der Waals surface area contributed by atoms with Crippen LogP contribution in [0.5, 0.6) is 0 Å². The molecule has 4 amide bonds. The van der Waals surface area contributed by atoms with Crippen LogP contribution in [0, 0.1) is 70.0 Å². The van der Waals surface area contributed by atoms with E-state index in [0.717, 1.165) is 32.1 Å². The molecule has 4 rings (SSSR count). The lowest BCUT2D eigenvalue weighted by Crippen LogP contribution is -2.63. The molecule has 13 heteroatoms. The normalized spacial score (nSPS) is 33.1. The summed E-state index contributed by atoms with van der Waals surface area (Å²) in [5.74, 6) is -0.165. The van der Waals surface area contributed by atoms with Crippen molar-refractivity contribution in [3.63, 3.8) is 0 Å². The summed E-state index contributed by atoms with van der Waals surface area (Å²) in [5, 5.41) is 36.1. The number of rotatable bonds is 20. The molecule has 0 aromatic rings. The Balaban J connectivity index is 1.44. The third-order valence-electron chi connectivity index (χ3n) is 16.0. The Morgan fingerprint density at radius 1 is 0.677 bits per heavy atom. The van der Waals surface area contributed by atoms with Crippen LogP contribution in [0.15, 0.2) is 0 Å². The highest BCUT2D eigenvalue weighted by atomic mass is 16.5. The highest BCUT2D eigenvalue weighted by Crippen LogP contribution is 2.68. The van der Waals surface area contributed by atoms with Crippen molar-refractivity contribution in [3.05, 3.63) is 0 Å². The molecular weight excluding hydrogens is 787 g/mol. The first-order chi connectivity index (χ1) is 28.9. The van der Waals surface area contributed by atoms with Crippen LogP contribution in [-0.2, 0) is 28.7 Å². The number of methoxy groups -OCH3 is 1. The van der Waals surface area contributed by atoms with Crippen LogP contribution in [0.3, 0.4) is 0 Å². The number of carbonyl (C=O) groups excluding carboxylic acids is 5. The summed E-state index contributed by atoms with van der Waals surface area (Å²) in [5.41, 5.74) is 5.73. The molecule has 4 aliphatic rings. The minimum Gasteiger partial charge on any atom is -0.469 e. The molecule has 13 nitrogen and oxygen atoms in total. The molecule has 15 atom stereocenters. The molecule has 4 saturated carbocycles. The topological polar surface area (TPSA) is 209 Å². The second kappa shape index (κ2) is 21.9. The highest BCUT2D eigenvalue weighted by molar-refractivity contribution is 5.94. The standard InChI is InChI=1S/C49H87N5O8/c1-26(2)19-36(50)44(58)52-38(21-28(5)6)46(60)54-39(22-29(7)8)47(61)53-37(20-27(3)4)45(59)51-32-17-18-48(10)31(23-32)24-40(55)43-34-15-14-33(30(9)13-16-42(57)62-12)49(34,11)41(56)25-35(43)48/h26-41,43,55-56H,13-25,50H2,1-12H3,(H,51,59)(H,52,58)(H,53,61)(H,54,60)/t30-,31+,32+,33-,34?,35?,36+,37+,38+,39+,40?,41+,43?,48+,49-/m1/s1. The maximum absolute atomic E-state index is 14.2. The number of hydrogen-bond acceptors (Lipinski definition) is 9. The summed E-state index contributed by atoms with van der Waals surface area (Å²) in [4.78, 5) is 67.0. The lowest BCUT2D eigenvalue weighted by molar-refractivity contribution is -0.202. The van der Waals surface area contributed by atoms with E-state index in [1.54, 1.807) is 0 Å². The lowest BCUT2D eigenvalue weighted by Gasteiger charge is -2.63. The second-order valence-corrected chi connectivity index (χ2v) is 22.5. The molecule has 0 aliphatic heterocycles. The van der Waals surface area contributed by atoms with Gasteiger partial charge in [-0.25, -0.2) is 0 Å². The Kier molecular flexibility index (Phi) is 18.4. The zero-order chi connectivity index (χ0) is 46.4. The van der Waals surface area contributed by atoms with Crippen LogP contribution < -0.4 is 27.0 Å². The maximum atomic E-state index is 14.2. The first-order valence-electron chi connectivity index (χ1n) is 24.3. The molecule has 0 aromatic carbocycles. The molecule has 356 valence electrons. The van der Waals surface area contributed by atoms with Gasteiger partial charge >= 0.3 is 5.97 Å². The fourth-order valence-corrected chi connectivity index (χ4v) is 12.8. The molecule has 0 aromatic heterocycles. The Hall–Kier alpha value is -2.77. The van der Waals surface area contributed by atoms with E-state index in [9.17, 15) is 34.2 Å². The highest BCUT2D eigenvalue weighted by Gasteiger charge is 2.65. The number of amides is 4. The van der Waals surface area contributed by atoms with Crippen LogP contribution >= 0.6 is 0 Å². The van der Waals surface area contributed by atoms with Crippen molar-refractivity contribution < 1.29 is 38.9 Å². The van der Waals surface area contributed by atoms with Gasteiger partial charge in [-0.3, -0.25) is 24.0 Å². The smallest absolute Gasteiger partial charge is 0.305 e. The Morgan fingerprint density at radius 3 is 1.71 bits per heavy atom. The van der Waals surface area contributed by atoms with E-state index in [1.165, 1.54) is 7.11 Å². The van der Waals surface area contributed by atoms with E-state index in [-0.39, 0.29) is 87.9 Å². The molecule has 4 unspecified atom stereocenters. The van der Waals surface area contributed by atoms with Gasteiger partial charge in [-0.15, -0.1) is 0 Å². The fourth-order valence-electron chi connectivity index (χ4n) is 12.8. The van der Waals surface area contributed by atoms with Crippen LogP contribution in [0.4, 0.5) is 0 Å². The van der Waals surface area contributed by atoms with E-state index in [4.69, 9.17) is 10.5 Å². The van der Waals surface area contributed by atoms with E-state index < -0.39 is 54.1 Å². The van der Waals surface area contributed by atoms with Crippen molar-refractivity contribution in [1.82, 2.24) is 21.3 Å². The van der Waals surface area contributed by atoms with Gasteiger partial charge in [0.1, 0.15) is 18.1 Å².